The number of carbonyl (C=O) groups excluding carboxylic acids is 1. The normalized spacial score (nSPS) is 17.5. The Morgan fingerprint density at radius 1 is 1.21 bits per heavy atom. The van der Waals surface area contributed by atoms with Crippen molar-refractivity contribution in [3.05, 3.63) is 58.5 Å². The molecule has 0 aromatic heterocycles. The van der Waals surface area contributed by atoms with Crippen molar-refractivity contribution in [3.63, 3.8) is 0 Å². The molecule has 1 aliphatic heterocycles. The van der Waals surface area contributed by atoms with Gasteiger partial charge in [0, 0.05) is 4.47 Å². The highest BCUT2D eigenvalue weighted by molar-refractivity contribution is 14.1. The Bertz CT molecular complexity index is 876. The highest BCUT2D eigenvalue weighted by atomic mass is 127. The number of nitrogens with zero attached hydrogens (tertiary/aromatic N) is 1. The zero-order valence-corrected chi connectivity index (χ0v) is 18.6. The van der Waals surface area contributed by atoms with Gasteiger partial charge in [0.2, 0.25) is 0 Å². The maximum Gasteiger partial charge on any atom is 0.264 e. The summed E-state index contributed by atoms with van der Waals surface area (Å²) >= 11 is 8.84. The van der Waals surface area contributed by atoms with Crippen LogP contribution < -0.4 is 5.32 Å². The lowest BCUT2D eigenvalue weighted by Gasteiger charge is -2.02. The van der Waals surface area contributed by atoms with Crippen molar-refractivity contribution in [1.82, 2.24) is 5.32 Å². The molecular weight excluding hydrogens is 618 g/mol. The average molecular weight is 627 g/mol. The molecule has 1 aliphatic rings. The van der Waals surface area contributed by atoms with Crippen molar-refractivity contribution >= 4 is 95.7 Å². The van der Waals surface area contributed by atoms with E-state index in [0.717, 1.165) is 22.9 Å². The molecule has 0 radical (unpaired) electrons. The first-order valence-corrected chi connectivity index (χ1v) is 10.4. The van der Waals surface area contributed by atoms with Crippen LogP contribution >= 0.6 is 72.9 Å². The molecule has 0 bridgehead atoms. The van der Waals surface area contributed by atoms with Gasteiger partial charge in [-0.2, -0.15) is 0 Å². The summed E-state index contributed by atoms with van der Waals surface area (Å²) in [6.45, 7) is 0. The first-order chi connectivity index (χ1) is 11.4. The number of thioether (sulfide) groups is 1. The van der Waals surface area contributed by atoms with E-state index in [-0.39, 0.29) is 11.7 Å². The van der Waals surface area contributed by atoms with E-state index in [2.05, 4.69) is 71.4 Å². The second-order valence-corrected chi connectivity index (χ2v) is 9.07. The van der Waals surface area contributed by atoms with Crippen LogP contribution in [0.1, 0.15) is 5.56 Å². The number of hydrogen-bond donors (Lipinski definition) is 2. The summed E-state index contributed by atoms with van der Waals surface area (Å²) in [5.74, 6) is 0.0885. The Hall–Kier alpha value is -0.590. The number of amides is 1. The van der Waals surface area contributed by atoms with Crippen molar-refractivity contribution in [2.75, 3.05) is 0 Å². The highest BCUT2D eigenvalue weighted by Crippen LogP contribution is 2.32. The number of aliphatic imine (C=N–C) groups is 1. The van der Waals surface area contributed by atoms with E-state index >= 15 is 0 Å². The molecule has 0 saturated carbocycles. The molecular formula is C16H9BrI2N2O2S. The summed E-state index contributed by atoms with van der Waals surface area (Å²) in [6.07, 6.45) is 1.80. The van der Waals surface area contributed by atoms with Gasteiger partial charge in [-0.15, -0.1) is 0 Å². The first-order valence-electron chi connectivity index (χ1n) is 6.65. The van der Waals surface area contributed by atoms with Crippen LogP contribution in [-0.4, -0.2) is 16.2 Å². The lowest BCUT2D eigenvalue weighted by molar-refractivity contribution is -0.115. The minimum Gasteiger partial charge on any atom is -0.506 e. The van der Waals surface area contributed by atoms with Crippen LogP contribution in [0.2, 0.25) is 0 Å². The predicted molar refractivity (Wildman–Crippen MR) is 118 cm³/mol. The van der Waals surface area contributed by atoms with Gasteiger partial charge in [-0.05, 0) is 98.9 Å². The SMILES string of the molecule is O=C1NC(=Nc2cccc(Br)c2)S/C1=C\c1cc(I)c(O)c(I)c1. The molecule has 2 aromatic carbocycles. The molecule has 0 unspecified atom stereocenters. The van der Waals surface area contributed by atoms with Gasteiger partial charge in [0.25, 0.3) is 5.91 Å². The first kappa shape index (κ1) is 18.2. The second kappa shape index (κ2) is 7.75. The quantitative estimate of drug-likeness (QED) is 0.354. The number of benzene rings is 2. The molecule has 0 atom stereocenters. The van der Waals surface area contributed by atoms with E-state index < -0.39 is 0 Å². The van der Waals surface area contributed by atoms with Gasteiger partial charge in [-0.25, -0.2) is 4.99 Å². The lowest BCUT2D eigenvalue weighted by Crippen LogP contribution is -2.19. The molecule has 1 heterocycles. The third kappa shape index (κ3) is 4.33. The van der Waals surface area contributed by atoms with Crippen molar-refractivity contribution < 1.29 is 9.90 Å². The maximum atomic E-state index is 12.1. The van der Waals surface area contributed by atoms with Crippen molar-refractivity contribution in [2.24, 2.45) is 4.99 Å². The molecule has 122 valence electrons. The number of carbonyl (C=O) groups is 1. The average Bonchev–Trinajstić information content (AvgIpc) is 2.84. The Labute approximate surface area is 178 Å². The fourth-order valence-electron chi connectivity index (χ4n) is 1.96. The molecule has 1 saturated heterocycles. The summed E-state index contributed by atoms with van der Waals surface area (Å²) in [4.78, 5) is 17.2. The number of rotatable bonds is 2. The van der Waals surface area contributed by atoms with Gasteiger partial charge in [-0.3, -0.25) is 4.79 Å². The summed E-state index contributed by atoms with van der Waals surface area (Å²) in [7, 11) is 0. The van der Waals surface area contributed by atoms with E-state index in [9.17, 15) is 9.90 Å². The summed E-state index contributed by atoms with van der Waals surface area (Å²) in [5.41, 5.74) is 1.63. The van der Waals surface area contributed by atoms with Crippen LogP contribution in [0.4, 0.5) is 5.69 Å². The standard InChI is InChI=1S/C16H9BrI2N2O2S/c17-9-2-1-3-10(7-9)20-16-21-15(23)13(24-16)6-8-4-11(18)14(22)12(19)5-8/h1-7,22H,(H,20,21,23)/b13-6-. The highest BCUT2D eigenvalue weighted by Gasteiger charge is 2.24. The Morgan fingerprint density at radius 3 is 2.58 bits per heavy atom. The van der Waals surface area contributed by atoms with E-state index in [1.165, 1.54) is 11.8 Å². The number of phenolic OH excluding ortho intramolecular Hbond substituents is 1. The van der Waals surface area contributed by atoms with Crippen LogP contribution in [-0.2, 0) is 4.79 Å². The van der Waals surface area contributed by atoms with Gasteiger partial charge in [-0.1, -0.05) is 22.0 Å². The third-order valence-corrected chi connectivity index (χ3v) is 6.07. The Kier molecular flexibility index (Phi) is 5.88. The minimum atomic E-state index is -0.174. The van der Waals surface area contributed by atoms with Crippen LogP contribution in [0.15, 0.2) is 50.8 Å². The van der Waals surface area contributed by atoms with Crippen LogP contribution in [0, 0.1) is 7.14 Å². The smallest absolute Gasteiger partial charge is 0.264 e. The summed E-state index contributed by atoms with van der Waals surface area (Å²) in [6, 6.07) is 11.2. The number of amidine groups is 1. The molecule has 24 heavy (non-hydrogen) atoms. The molecule has 0 spiro atoms. The number of nitrogens with one attached hydrogen (secondary N) is 1. The third-order valence-electron chi connectivity index (χ3n) is 3.03. The molecule has 8 heteroatoms. The van der Waals surface area contributed by atoms with Gasteiger partial charge >= 0.3 is 0 Å². The molecule has 2 N–H and O–H groups in total. The number of halogens is 3. The van der Waals surface area contributed by atoms with Crippen LogP contribution in [0.3, 0.4) is 0 Å². The summed E-state index contributed by atoms with van der Waals surface area (Å²) in [5, 5.41) is 13.1. The van der Waals surface area contributed by atoms with Gasteiger partial charge in [0.15, 0.2) is 5.17 Å². The second-order valence-electron chi connectivity index (χ2n) is 4.79. The van der Waals surface area contributed by atoms with Gasteiger partial charge < -0.3 is 10.4 Å². The molecule has 4 nitrogen and oxygen atoms in total. The van der Waals surface area contributed by atoms with Crippen molar-refractivity contribution in [2.45, 2.75) is 0 Å². The lowest BCUT2D eigenvalue weighted by atomic mass is 10.2. The molecule has 0 aliphatic carbocycles. The molecule has 2 aromatic rings. The number of phenols is 1. The van der Waals surface area contributed by atoms with Crippen LogP contribution in [0.25, 0.3) is 6.08 Å². The van der Waals surface area contributed by atoms with Gasteiger partial charge in [0.1, 0.15) is 5.75 Å². The van der Waals surface area contributed by atoms with Crippen molar-refractivity contribution in [3.8, 4) is 5.75 Å². The summed E-state index contributed by atoms with van der Waals surface area (Å²) < 4.78 is 2.43. The zero-order chi connectivity index (χ0) is 17.3. The van der Waals surface area contributed by atoms with Gasteiger partial charge in [0.05, 0.1) is 17.7 Å². The largest absolute Gasteiger partial charge is 0.506 e. The number of hydrogen-bond acceptors (Lipinski definition) is 4. The minimum absolute atomic E-state index is 0.174. The predicted octanol–water partition coefficient (Wildman–Crippen LogP) is 5.26. The zero-order valence-electron chi connectivity index (χ0n) is 11.9. The maximum absolute atomic E-state index is 12.1. The molecule has 3 rings (SSSR count). The fourth-order valence-corrected chi connectivity index (χ4v) is 5.01. The van der Waals surface area contributed by atoms with E-state index in [4.69, 9.17) is 0 Å². The van der Waals surface area contributed by atoms with E-state index in [1.807, 2.05) is 36.4 Å². The molecule has 1 amide bonds. The Balaban J connectivity index is 1.87. The van der Waals surface area contributed by atoms with E-state index in [0.29, 0.717) is 10.1 Å². The number of aromatic hydroxyl groups is 1. The monoisotopic (exact) mass is 626 g/mol. The Morgan fingerprint density at radius 2 is 1.92 bits per heavy atom. The fraction of sp³-hybridized carbons (Fsp3) is 0. The molecule has 1 fully saturated rings. The van der Waals surface area contributed by atoms with Crippen LogP contribution in [0.5, 0.6) is 5.75 Å². The topological polar surface area (TPSA) is 61.7 Å². The van der Waals surface area contributed by atoms with E-state index in [1.54, 1.807) is 6.08 Å². The van der Waals surface area contributed by atoms with Crippen molar-refractivity contribution in [1.29, 1.82) is 0 Å².